The second-order valence-corrected chi connectivity index (χ2v) is 5.83. The molecule has 0 bridgehead atoms. The first-order valence-electron chi connectivity index (χ1n) is 8.19. The highest BCUT2D eigenvalue weighted by molar-refractivity contribution is 5.41. The van der Waals surface area contributed by atoms with E-state index in [0.29, 0.717) is 0 Å². The zero-order valence-electron chi connectivity index (χ0n) is 14.4. The van der Waals surface area contributed by atoms with Crippen molar-refractivity contribution < 1.29 is 0 Å². The summed E-state index contributed by atoms with van der Waals surface area (Å²) in [4.78, 5) is 13.4. The molecule has 0 fully saturated rings. The monoisotopic (exact) mass is 313 g/mol. The van der Waals surface area contributed by atoms with Gasteiger partial charge in [-0.15, -0.1) is 0 Å². The summed E-state index contributed by atoms with van der Waals surface area (Å²) in [5.41, 5.74) is 1.27. The van der Waals surface area contributed by atoms with Gasteiger partial charge in [-0.05, 0) is 45.6 Å². The number of hydrogen-bond donors (Lipinski definition) is 1. The normalized spacial score (nSPS) is 10.8. The molecule has 0 spiro atoms. The van der Waals surface area contributed by atoms with Crippen LogP contribution in [0.5, 0.6) is 0 Å². The second-order valence-electron chi connectivity index (χ2n) is 5.83. The van der Waals surface area contributed by atoms with Crippen LogP contribution in [0.1, 0.15) is 18.9 Å². The molecule has 2 aromatic rings. The Morgan fingerprint density at radius 1 is 1.09 bits per heavy atom. The molecule has 1 heterocycles. The van der Waals surface area contributed by atoms with Crippen LogP contribution >= 0.6 is 0 Å². The highest BCUT2D eigenvalue weighted by atomic mass is 15.3. The summed E-state index contributed by atoms with van der Waals surface area (Å²) in [5.74, 6) is 1.66. The molecule has 0 aliphatic rings. The van der Waals surface area contributed by atoms with E-state index in [-0.39, 0.29) is 0 Å². The summed E-state index contributed by atoms with van der Waals surface area (Å²) in [7, 11) is 4.18. The molecule has 0 amide bonds. The van der Waals surface area contributed by atoms with Gasteiger partial charge in [-0.1, -0.05) is 30.3 Å². The Hall–Kier alpha value is -2.14. The molecule has 5 nitrogen and oxygen atoms in total. The number of aromatic nitrogens is 2. The van der Waals surface area contributed by atoms with Crippen molar-refractivity contribution in [2.75, 3.05) is 43.9 Å². The highest BCUT2D eigenvalue weighted by Gasteiger charge is 2.09. The maximum atomic E-state index is 4.65. The zero-order chi connectivity index (χ0) is 16.5. The lowest BCUT2D eigenvalue weighted by Crippen LogP contribution is -2.24. The van der Waals surface area contributed by atoms with Crippen LogP contribution in [0.4, 0.5) is 11.8 Å². The van der Waals surface area contributed by atoms with Crippen molar-refractivity contribution in [3.8, 4) is 0 Å². The van der Waals surface area contributed by atoms with Gasteiger partial charge in [-0.3, -0.25) is 0 Å². The molecule has 5 heteroatoms. The SMILES string of the molecule is CCN(Cc1ccccc1)c1nccc(NCCCN(C)C)n1. The third-order valence-electron chi connectivity index (χ3n) is 3.61. The van der Waals surface area contributed by atoms with E-state index >= 15 is 0 Å². The number of benzene rings is 1. The van der Waals surface area contributed by atoms with Crippen LogP contribution in [0.3, 0.4) is 0 Å². The maximum Gasteiger partial charge on any atom is 0.227 e. The first-order valence-corrected chi connectivity index (χ1v) is 8.19. The molecule has 1 aromatic heterocycles. The minimum absolute atomic E-state index is 0.772. The van der Waals surface area contributed by atoms with Gasteiger partial charge in [0.2, 0.25) is 5.95 Å². The second kappa shape index (κ2) is 9.10. The van der Waals surface area contributed by atoms with Crippen LogP contribution in [-0.4, -0.2) is 48.6 Å². The van der Waals surface area contributed by atoms with Gasteiger partial charge in [0, 0.05) is 25.8 Å². The van der Waals surface area contributed by atoms with Crippen molar-refractivity contribution in [3.63, 3.8) is 0 Å². The zero-order valence-corrected chi connectivity index (χ0v) is 14.4. The molecule has 1 N–H and O–H groups in total. The van der Waals surface area contributed by atoms with E-state index in [0.717, 1.165) is 44.4 Å². The number of nitrogens with one attached hydrogen (secondary N) is 1. The van der Waals surface area contributed by atoms with Crippen molar-refractivity contribution in [1.82, 2.24) is 14.9 Å². The molecule has 0 atom stereocenters. The first kappa shape index (κ1) is 17.2. The molecule has 0 unspecified atom stereocenters. The number of rotatable bonds is 9. The van der Waals surface area contributed by atoms with Crippen molar-refractivity contribution in [2.45, 2.75) is 19.9 Å². The molecular formula is C18H27N5. The van der Waals surface area contributed by atoms with Gasteiger partial charge in [0.1, 0.15) is 5.82 Å². The van der Waals surface area contributed by atoms with E-state index in [1.807, 2.05) is 18.3 Å². The summed E-state index contributed by atoms with van der Waals surface area (Å²) >= 11 is 0. The molecular weight excluding hydrogens is 286 g/mol. The van der Waals surface area contributed by atoms with Crippen LogP contribution in [0.25, 0.3) is 0 Å². The largest absolute Gasteiger partial charge is 0.370 e. The van der Waals surface area contributed by atoms with Crippen LogP contribution in [0.2, 0.25) is 0 Å². The molecule has 1 aromatic carbocycles. The van der Waals surface area contributed by atoms with E-state index in [9.17, 15) is 0 Å². The molecule has 0 radical (unpaired) electrons. The summed E-state index contributed by atoms with van der Waals surface area (Å²) in [6, 6.07) is 12.3. The summed E-state index contributed by atoms with van der Waals surface area (Å²) in [5, 5.41) is 3.38. The number of nitrogens with zero attached hydrogens (tertiary/aromatic N) is 4. The Labute approximate surface area is 139 Å². The number of hydrogen-bond acceptors (Lipinski definition) is 5. The quantitative estimate of drug-likeness (QED) is 0.721. The van der Waals surface area contributed by atoms with Crippen LogP contribution in [0.15, 0.2) is 42.6 Å². The average Bonchev–Trinajstić information content (AvgIpc) is 2.57. The Balaban J connectivity index is 1.96. The summed E-state index contributed by atoms with van der Waals surface area (Å²) in [6.07, 6.45) is 2.91. The molecule has 23 heavy (non-hydrogen) atoms. The topological polar surface area (TPSA) is 44.3 Å². The van der Waals surface area contributed by atoms with E-state index in [1.54, 1.807) is 0 Å². The van der Waals surface area contributed by atoms with Gasteiger partial charge >= 0.3 is 0 Å². The van der Waals surface area contributed by atoms with Gasteiger partial charge in [-0.2, -0.15) is 4.98 Å². The lowest BCUT2D eigenvalue weighted by atomic mass is 10.2. The van der Waals surface area contributed by atoms with Crippen LogP contribution < -0.4 is 10.2 Å². The average molecular weight is 313 g/mol. The fraction of sp³-hybridized carbons (Fsp3) is 0.444. The maximum absolute atomic E-state index is 4.65. The van der Waals surface area contributed by atoms with Crippen molar-refractivity contribution in [2.24, 2.45) is 0 Å². The van der Waals surface area contributed by atoms with Gasteiger partial charge in [-0.25, -0.2) is 4.98 Å². The lowest BCUT2D eigenvalue weighted by Gasteiger charge is -2.21. The third-order valence-corrected chi connectivity index (χ3v) is 3.61. The molecule has 0 saturated heterocycles. The van der Waals surface area contributed by atoms with Gasteiger partial charge < -0.3 is 15.1 Å². The van der Waals surface area contributed by atoms with Gasteiger partial charge in [0.15, 0.2) is 0 Å². The molecule has 2 rings (SSSR count). The Morgan fingerprint density at radius 2 is 1.87 bits per heavy atom. The van der Waals surface area contributed by atoms with Gasteiger partial charge in [0.25, 0.3) is 0 Å². The minimum Gasteiger partial charge on any atom is -0.370 e. The van der Waals surface area contributed by atoms with E-state index in [2.05, 4.69) is 70.4 Å². The molecule has 124 valence electrons. The smallest absolute Gasteiger partial charge is 0.227 e. The van der Waals surface area contributed by atoms with Crippen molar-refractivity contribution >= 4 is 11.8 Å². The summed E-state index contributed by atoms with van der Waals surface area (Å²) < 4.78 is 0. The standard InChI is InChI=1S/C18H27N5/c1-4-23(15-16-9-6-5-7-10-16)18-20-13-11-17(21-18)19-12-8-14-22(2)3/h5-7,9-11,13H,4,8,12,14-15H2,1-3H3,(H,19,20,21). The van der Waals surface area contributed by atoms with E-state index in [4.69, 9.17) is 0 Å². The Morgan fingerprint density at radius 3 is 2.57 bits per heavy atom. The minimum atomic E-state index is 0.772. The van der Waals surface area contributed by atoms with Crippen molar-refractivity contribution in [3.05, 3.63) is 48.2 Å². The van der Waals surface area contributed by atoms with Gasteiger partial charge in [0.05, 0.1) is 0 Å². The Kier molecular flexibility index (Phi) is 6.81. The van der Waals surface area contributed by atoms with Crippen LogP contribution in [-0.2, 0) is 6.54 Å². The van der Waals surface area contributed by atoms with Crippen molar-refractivity contribution in [1.29, 1.82) is 0 Å². The summed E-state index contributed by atoms with van der Waals surface area (Å²) in [6.45, 7) is 5.81. The van der Waals surface area contributed by atoms with E-state index < -0.39 is 0 Å². The Bertz CT molecular complexity index is 571. The van der Waals surface area contributed by atoms with Crippen LogP contribution in [0, 0.1) is 0 Å². The predicted octanol–water partition coefficient (Wildman–Crippen LogP) is 2.87. The highest BCUT2D eigenvalue weighted by Crippen LogP contribution is 2.14. The molecule has 0 aliphatic carbocycles. The fourth-order valence-electron chi connectivity index (χ4n) is 2.34. The third kappa shape index (κ3) is 5.87. The lowest BCUT2D eigenvalue weighted by molar-refractivity contribution is 0.405. The fourth-order valence-corrected chi connectivity index (χ4v) is 2.34. The van der Waals surface area contributed by atoms with E-state index in [1.165, 1.54) is 5.56 Å². The number of anilines is 2. The molecule has 0 saturated carbocycles. The molecule has 0 aliphatic heterocycles. The predicted molar refractivity (Wildman–Crippen MR) is 96.9 cm³/mol. The first-order chi connectivity index (χ1) is 11.2.